The van der Waals surface area contributed by atoms with Gasteiger partial charge in [0.25, 0.3) is 0 Å². The third-order valence-electron chi connectivity index (χ3n) is 5.29. The second-order valence-electron chi connectivity index (χ2n) is 7.25. The van der Waals surface area contributed by atoms with Crippen LogP contribution in [0.4, 0.5) is 10.2 Å². The number of piperazine rings is 1. The minimum absolute atomic E-state index is 0.301. The molecule has 6 nitrogen and oxygen atoms in total. The van der Waals surface area contributed by atoms with E-state index >= 15 is 0 Å². The fraction of sp³-hybridized carbons (Fsp3) is 0.421. The summed E-state index contributed by atoms with van der Waals surface area (Å²) in [6.45, 7) is 2.73. The normalized spacial score (nSPS) is 20.7. The standard InChI is InChI=1S/C19H21FN6/c20-15-5-6-16(26-9-8-21-13(11-26)10-12-3-4-12)23-18(15)17-14-2-1-7-22-19(14)25-24-17/h1-2,5-7,12-13,21H,3-4,8-11H2,(H,22,24,25)/t13-/m0/s1. The minimum atomic E-state index is -0.354. The van der Waals surface area contributed by atoms with Gasteiger partial charge in [-0.05, 0) is 36.6 Å². The third kappa shape index (κ3) is 2.92. The second kappa shape index (κ2) is 6.32. The Bertz CT molecular complexity index is 935. The molecule has 5 rings (SSSR count). The van der Waals surface area contributed by atoms with Crippen molar-refractivity contribution in [3.63, 3.8) is 0 Å². The summed E-state index contributed by atoms with van der Waals surface area (Å²) in [7, 11) is 0. The number of hydrogen-bond acceptors (Lipinski definition) is 5. The number of halogens is 1. The molecule has 0 radical (unpaired) electrons. The Kier molecular flexibility index (Phi) is 3.81. The number of fused-ring (bicyclic) bond motifs is 1. The van der Waals surface area contributed by atoms with Crippen molar-refractivity contribution in [1.29, 1.82) is 0 Å². The zero-order valence-electron chi connectivity index (χ0n) is 14.5. The fourth-order valence-corrected chi connectivity index (χ4v) is 3.76. The average Bonchev–Trinajstić information content (AvgIpc) is 3.38. The zero-order valence-corrected chi connectivity index (χ0v) is 14.5. The number of aromatic amines is 1. The molecule has 0 bridgehead atoms. The summed E-state index contributed by atoms with van der Waals surface area (Å²) in [5.74, 6) is 1.34. The highest BCUT2D eigenvalue weighted by molar-refractivity contribution is 5.89. The quantitative estimate of drug-likeness (QED) is 0.756. The van der Waals surface area contributed by atoms with Crippen LogP contribution in [-0.4, -0.2) is 45.8 Å². The predicted octanol–water partition coefficient (Wildman–Crippen LogP) is 2.74. The van der Waals surface area contributed by atoms with Crippen LogP contribution in [0.5, 0.6) is 0 Å². The molecule has 1 saturated carbocycles. The summed E-state index contributed by atoms with van der Waals surface area (Å²) < 4.78 is 14.5. The molecule has 1 atom stereocenters. The van der Waals surface area contributed by atoms with Gasteiger partial charge in [0, 0.05) is 37.3 Å². The van der Waals surface area contributed by atoms with Crippen LogP contribution in [0.2, 0.25) is 0 Å². The summed E-state index contributed by atoms with van der Waals surface area (Å²) in [5, 5.41) is 11.4. The summed E-state index contributed by atoms with van der Waals surface area (Å²) in [6, 6.07) is 7.46. The van der Waals surface area contributed by atoms with Crippen LogP contribution >= 0.6 is 0 Å². The van der Waals surface area contributed by atoms with Gasteiger partial charge in [-0.15, -0.1) is 0 Å². The first-order valence-electron chi connectivity index (χ1n) is 9.22. The molecule has 3 aromatic rings. The summed E-state index contributed by atoms with van der Waals surface area (Å²) in [6.07, 6.45) is 5.62. The zero-order chi connectivity index (χ0) is 17.5. The van der Waals surface area contributed by atoms with E-state index in [1.807, 2.05) is 12.1 Å². The topological polar surface area (TPSA) is 69.7 Å². The lowest BCUT2D eigenvalue weighted by molar-refractivity contribution is 0.415. The molecular weight excluding hydrogens is 331 g/mol. The number of rotatable bonds is 4. The van der Waals surface area contributed by atoms with Crippen molar-refractivity contribution in [2.75, 3.05) is 24.5 Å². The summed E-state index contributed by atoms with van der Waals surface area (Å²) in [4.78, 5) is 11.1. The monoisotopic (exact) mass is 352 g/mol. The first kappa shape index (κ1) is 15.7. The van der Waals surface area contributed by atoms with Crippen LogP contribution in [0.1, 0.15) is 19.3 Å². The van der Waals surface area contributed by atoms with Crippen molar-refractivity contribution in [3.8, 4) is 11.4 Å². The van der Waals surface area contributed by atoms with E-state index in [4.69, 9.17) is 0 Å². The average molecular weight is 352 g/mol. The maximum absolute atomic E-state index is 14.5. The number of hydrogen-bond donors (Lipinski definition) is 2. The fourth-order valence-electron chi connectivity index (χ4n) is 3.76. The van der Waals surface area contributed by atoms with Gasteiger partial charge in [0.05, 0.1) is 5.69 Å². The SMILES string of the molecule is Fc1ccc(N2CCN[C@@H](CC3CC3)C2)nc1-c1[nH]nc2ncccc12. The Morgan fingerprint density at radius 2 is 2.15 bits per heavy atom. The Morgan fingerprint density at radius 3 is 3.04 bits per heavy atom. The molecule has 4 heterocycles. The highest BCUT2D eigenvalue weighted by Gasteiger charge is 2.29. The van der Waals surface area contributed by atoms with Gasteiger partial charge in [0.1, 0.15) is 11.5 Å². The minimum Gasteiger partial charge on any atom is -0.354 e. The van der Waals surface area contributed by atoms with Gasteiger partial charge in [-0.3, -0.25) is 5.10 Å². The van der Waals surface area contributed by atoms with Crippen molar-refractivity contribution in [3.05, 3.63) is 36.3 Å². The van der Waals surface area contributed by atoms with E-state index in [1.165, 1.54) is 25.3 Å². The van der Waals surface area contributed by atoms with Gasteiger partial charge in [-0.2, -0.15) is 5.10 Å². The van der Waals surface area contributed by atoms with Crippen LogP contribution in [0.25, 0.3) is 22.4 Å². The summed E-state index contributed by atoms with van der Waals surface area (Å²) >= 11 is 0. The maximum atomic E-state index is 14.5. The van der Waals surface area contributed by atoms with E-state index in [2.05, 4.69) is 30.4 Å². The second-order valence-corrected chi connectivity index (χ2v) is 7.25. The lowest BCUT2D eigenvalue weighted by Gasteiger charge is -2.34. The van der Waals surface area contributed by atoms with Crippen LogP contribution in [0, 0.1) is 11.7 Å². The molecular formula is C19H21FN6. The maximum Gasteiger partial charge on any atom is 0.181 e. The molecule has 2 aliphatic rings. The van der Waals surface area contributed by atoms with E-state index in [1.54, 1.807) is 12.3 Å². The Hall–Kier alpha value is -2.54. The van der Waals surface area contributed by atoms with Crippen molar-refractivity contribution >= 4 is 16.9 Å². The number of nitrogens with zero attached hydrogens (tertiary/aromatic N) is 4. The molecule has 134 valence electrons. The van der Waals surface area contributed by atoms with Gasteiger partial charge in [-0.1, -0.05) is 12.8 Å². The van der Waals surface area contributed by atoms with E-state index in [-0.39, 0.29) is 5.82 Å². The molecule has 0 spiro atoms. The third-order valence-corrected chi connectivity index (χ3v) is 5.29. The van der Waals surface area contributed by atoms with Crippen LogP contribution in [0.3, 0.4) is 0 Å². The molecule has 1 aliphatic carbocycles. The molecule has 7 heteroatoms. The number of nitrogens with one attached hydrogen (secondary N) is 2. The van der Waals surface area contributed by atoms with Gasteiger partial charge in [0.2, 0.25) is 0 Å². The molecule has 2 N–H and O–H groups in total. The van der Waals surface area contributed by atoms with E-state index in [0.29, 0.717) is 23.1 Å². The lowest BCUT2D eigenvalue weighted by Crippen LogP contribution is -2.51. The Balaban J connectivity index is 1.46. The molecule has 0 unspecified atom stereocenters. The first-order chi connectivity index (χ1) is 12.8. The highest BCUT2D eigenvalue weighted by atomic mass is 19.1. The molecule has 0 amide bonds. The lowest BCUT2D eigenvalue weighted by atomic mass is 10.1. The molecule has 26 heavy (non-hydrogen) atoms. The smallest absolute Gasteiger partial charge is 0.181 e. The Morgan fingerprint density at radius 1 is 1.23 bits per heavy atom. The van der Waals surface area contributed by atoms with Crippen LogP contribution in [0.15, 0.2) is 30.5 Å². The molecule has 1 saturated heterocycles. The summed E-state index contributed by atoms with van der Waals surface area (Å²) in [5.41, 5.74) is 1.45. The van der Waals surface area contributed by atoms with Crippen molar-refractivity contribution in [2.45, 2.75) is 25.3 Å². The predicted molar refractivity (Wildman–Crippen MR) is 98.4 cm³/mol. The van der Waals surface area contributed by atoms with Crippen LogP contribution < -0.4 is 10.2 Å². The molecule has 2 fully saturated rings. The highest BCUT2D eigenvalue weighted by Crippen LogP contribution is 2.34. The number of H-pyrrole nitrogens is 1. The van der Waals surface area contributed by atoms with Gasteiger partial charge in [0.15, 0.2) is 11.5 Å². The largest absolute Gasteiger partial charge is 0.354 e. The van der Waals surface area contributed by atoms with Crippen molar-refractivity contribution in [2.24, 2.45) is 5.92 Å². The first-order valence-corrected chi connectivity index (χ1v) is 9.22. The van der Waals surface area contributed by atoms with Crippen molar-refractivity contribution in [1.82, 2.24) is 25.5 Å². The number of anilines is 1. The van der Waals surface area contributed by atoms with Gasteiger partial charge < -0.3 is 10.2 Å². The van der Waals surface area contributed by atoms with Gasteiger partial charge in [-0.25, -0.2) is 14.4 Å². The molecule has 0 aromatic carbocycles. The van der Waals surface area contributed by atoms with Gasteiger partial charge >= 0.3 is 0 Å². The van der Waals surface area contributed by atoms with E-state index in [0.717, 1.165) is 36.8 Å². The van der Waals surface area contributed by atoms with E-state index in [9.17, 15) is 4.39 Å². The van der Waals surface area contributed by atoms with Crippen molar-refractivity contribution < 1.29 is 4.39 Å². The number of aromatic nitrogens is 4. The molecule has 3 aromatic heterocycles. The van der Waals surface area contributed by atoms with E-state index < -0.39 is 0 Å². The Labute approximate surface area is 150 Å². The molecule has 1 aliphatic heterocycles. The number of pyridine rings is 2. The van der Waals surface area contributed by atoms with Crippen LogP contribution in [-0.2, 0) is 0 Å².